The van der Waals surface area contributed by atoms with Gasteiger partial charge in [0.15, 0.2) is 0 Å². The van der Waals surface area contributed by atoms with E-state index < -0.39 is 0 Å². The van der Waals surface area contributed by atoms with Crippen LogP contribution >= 0.6 is 12.4 Å². The molecular formula is C11H15ClN2O2. The summed E-state index contributed by atoms with van der Waals surface area (Å²) in [7, 11) is 0. The van der Waals surface area contributed by atoms with Gasteiger partial charge in [-0.1, -0.05) is 12.1 Å². The van der Waals surface area contributed by atoms with Gasteiger partial charge in [0.25, 0.3) is 5.69 Å². The number of nitro benzene ring substituents is 1. The van der Waals surface area contributed by atoms with Crippen molar-refractivity contribution in [2.24, 2.45) is 11.1 Å². The van der Waals surface area contributed by atoms with Crippen molar-refractivity contribution in [1.82, 2.24) is 0 Å². The van der Waals surface area contributed by atoms with Crippen LogP contribution in [0.1, 0.15) is 18.4 Å². The first-order valence-electron chi connectivity index (χ1n) is 5.09. The van der Waals surface area contributed by atoms with Crippen LogP contribution < -0.4 is 5.73 Å². The molecule has 0 saturated heterocycles. The second-order valence-corrected chi connectivity index (χ2v) is 4.30. The van der Waals surface area contributed by atoms with Gasteiger partial charge in [-0.2, -0.15) is 0 Å². The summed E-state index contributed by atoms with van der Waals surface area (Å²) in [6, 6.07) is 6.77. The van der Waals surface area contributed by atoms with E-state index in [0.29, 0.717) is 6.54 Å². The average Bonchev–Trinajstić information content (AvgIpc) is 2.99. The third-order valence-electron chi connectivity index (χ3n) is 3.12. The molecule has 88 valence electrons. The molecule has 0 aliphatic heterocycles. The number of nitrogens with zero attached hydrogens (tertiary/aromatic N) is 1. The first kappa shape index (κ1) is 12.9. The van der Waals surface area contributed by atoms with E-state index in [-0.39, 0.29) is 28.4 Å². The Bertz CT molecular complexity index is 374. The molecule has 2 rings (SSSR count). The van der Waals surface area contributed by atoms with Crippen molar-refractivity contribution >= 4 is 18.1 Å². The van der Waals surface area contributed by atoms with Gasteiger partial charge in [0.2, 0.25) is 0 Å². The Morgan fingerprint density at radius 2 is 1.88 bits per heavy atom. The number of hydrogen-bond acceptors (Lipinski definition) is 3. The van der Waals surface area contributed by atoms with Gasteiger partial charge < -0.3 is 5.73 Å². The summed E-state index contributed by atoms with van der Waals surface area (Å²) >= 11 is 0. The fraction of sp³-hybridized carbons (Fsp3) is 0.455. The zero-order valence-corrected chi connectivity index (χ0v) is 9.70. The van der Waals surface area contributed by atoms with Crippen LogP contribution in [0.5, 0.6) is 0 Å². The third kappa shape index (κ3) is 2.71. The highest BCUT2D eigenvalue weighted by Gasteiger charge is 2.40. The van der Waals surface area contributed by atoms with Gasteiger partial charge >= 0.3 is 0 Å². The number of non-ortho nitro benzene ring substituents is 1. The van der Waals surface area contributed by atoms with Gasteiger partial charge in [0, 0.05) is 12.1 Å². The van der Waals surface area contributed by atoms with Crippen molar-refractivity contribution in [3.8, 4) is 0 Å². The van der Waals surface area contributed by atoms with E-state index >= 15 is 0 Å². The van der Waals surface area contributed by atoms with Gasteiger partial charge in [0.1, 0.15) is 0 Å². The predicted octanol–water partition coefficient (Wildman–Crippen LogP) is 2.30. The number of rotatable bonds is 4. The molecule has 0 heterocycles. The molecule has 4 nitrogen and oxygen atoms in total. The lowest BCUT2D eigenvalue weighted by molar-refractivity contribution is -0.384. The highest BCUT2D eigenvalue weighted by molar-refractivity contribution is 5.85. The summed E-state index contributed by atoms with van der Waals surface area (Å²) in [5.74, 6) is 0. The van der Waals surface area contributed by atoms with Crippen LogP contribution in [-0.2, 0) is 6.42 Å². The molecule has 0 amide bonds. The Hall–Kier alpha value is -1.13. The normalized spacial score (nSPS) is 16.3. The first-order chi connectivity index (χ1) is 7.15. The van der Waals surface area contributed by atoms with Crippen LogP contribution in [0.15, 0.2) is 24.3 Å². The molecule has 2 N–H and O–H groups in total. The molecule has 0 radical (unpaired) electrons. The van der Waals surface area contributed by atoms with Crippen LogP contribution in [0.3, 0.4) is 0 Å². The SMILES string of the molecule is Cl.NCC1(Cc2ccc([N+](=O)[O-])cc2)CC1. The number of halogens is 1. The largest absolute Gasteiger partial charge is 0.330 e. The maximum Gasteiger partial charge on any atom is 0.269 e. The molecule has 1 aromatic carbocycles. The molecule has 0 bridgehead atoms. The summed E-state index contributed by atoms with van der Waals surface area (Å²) in [5.41, 5.74) is 7.27. The summed E-state index contributed by atoms with van der Waals surface area (Å²) in [6.45, 7) is 0.712. The molecule has 0 aromatic heterocycles. The molecule has 0 unspecified atom stereocenters. The molecule has 5 heteroatoms. The third-order valence-corrected chi connectivity index (χ3v) is 3.12. The highest BCUT2D eigenvalue weighted by Crippen LogP contribution is 2.47. The smallest absolute Gasteiger partial charge is 0.269 e. The zero-order valence-electron chi connectivity index (χ0n) is 8.89. The Morgan fingerprint density at radius 3 is 2.25 bits per heavy atom. The topological polar surface area (TPSA) is 69.2 Å². The van der Waals surface area contributed by atoms with Crippen molar-refractivity contribution in [1.29, 1.82) is 0 Å². The van der Waals surface area contributed by atoms with Gasteiger partial charge in [-0.15, -0.1) is 12.4 Å². The second-order valence-electron chi connectivity index (χ2n) is 4.30. The first-order valence-corrected chi connectivity index (χ1v) is 5.09. The summed E-state index contributed by atoms with van der Waals surface area (Å²) < 4.78 is 0. The second kappa shape index (κ2) is 4.80. The van der Waals surface area contributed by atoms with E-state index in [0.717, 1.165) is 12.0 Å². The van der Waals surface area contributed by atoms with Crippen molar-refractivity contribution < 1.29 is 4.92 Å². The molecule has 0 spiro atoms. The van der Waals surface area contributed by atoms with Crippen LogP contribution in [-0.4, -0.2) is 11.5 Å². The monoisotopic (exact) mass is 242 g/mol. The lowest BCUT2D eigenvalue weighted by atomic mass is 9.97. The quantitative estimate of drug-likeness (QED) is 0.651. The van der Waals surface area contributed by atoms with Crippen molar-refractivity contribution in [2.75, 3.05) is 6.54 Å². The minimum atomic E-state index is -0.375. The van der Waals surface area contributed by atoms with E-state index in [1.165, 1.54) is 12.8 Å². The van der Waals surface area contributed by atoms with Gasteiger partial charge in [0.05, 0.1) is 4.92 Å². The minimum absolute atomic E-state index is 0. The van der Waals surface area contributed by atoms with E-state index in [1.807, 2.05) is 12.1 Å². The fourth-order valence-electron chi connectivity index (χ4n) is 1.80. The Balaban J connectivity index is 0.00000128. The summed E-state index contributed by atoms with van der Waals surface area (Å²) in [5, 5.41) is 10.5. The van der Waals surface area contributed by atoms with Crippen LogP contribution in [0.25, 0.3) is 0 Å². The van der Waals surface area contributed by atoms with E-state index in [2.05, 4.69) is 0 Å². The number of hydrogen-bond donors (Lipinski definition) is 1. The van der Waals surface area contributed by atoms with Crippen LogP contribution in [0.2, 0.25) is 0 Å². The molecule has 1 aromatic rings. The van der Waals surface area contributed by atoms with Gasteiger partial charge in [-0.05, 0) is 36.8 Å². The zero-order chi connectivity index (χ0) is 10.9. The number of nitrogens with two attached hydrogens (primary N) is 1. The molecule has 1 fully saturated rings. The molecule has 1 aliphatic rings. The van der Waals surface area contributed by atoms with E-state index in [9.17, 15) is 10.1 Å². The Morgan fingerprint density at radius 1 is 1.31 bits per heavy atom. The lowest BCUT2D eigenvalue weighted by Crippen LogP contribution is -2.17. The molecular weight excluding hydrogens is 228 g/mol. The van der Waals surface area contributed by atoms with E-state index in [4.69, 9.17) is 5.73 Å². The molecule has 16 heavy (non-hydrogen) atoms. The van der Waals surface area contributed by atoms with Crippen molar-refractivity contribution in [2.45, 2.75) is 19.3 Å². The standard InChI is InChI=1S/C11H14N2O2.ClH/c12-8-11(5-6-11)7-9-1-3-10(4-2-9)13(14)15;/h1-4H,5-8,12H2;1H. The van der Waals surface area contributed by atoms with Crippen molar-refractivity contribution in [3.05, 3.63) is 39.9 Å². The fourth-order valence-corrected chi connectivity index (χ4v) is 1.80. The number of benzene rings is 1. The summed E-state index contributed by atoms with van der Waals surface area (Å²) in [4.78, 5) is 10.1. The summed E-state index contributed by atoms with van der Waals surface area (Å²) in [6.07, 6.45) is 3.31. The molecule has 1 aliphatic carbocycles. The van der Waals surface area contributed by atoms with Crippen LogP contribution in [0, 0.1) is 15.5 Å². The minimum Gasteiger partial charge on any atom is -0.330 e. The Labute approximate surface area is 100 Å². The van der Waals surface area contributed by atoms with Crippen molar-refractivity contribution in [3.63, 3.8) is 0 Å². The molecule has 0 atom stereocenters. The molecule has 1 saturated carbocycles. The Kier molecular flexibility index (Phi) is 3.88. The highest BCUT2D eigenvalue weighted by atomic mass is 35.5. The van der Waals surface area contributed by atoms with E-state index in [1.54, 1.807) is 12.1 Å². The van der Waals surface area contributed by atoms with Crippen LogP contribution in [0.4, 0.5) is 5.69 Å². The predicted molar refractivity (Wildman–Crippen MR) is 64.8 cm³/mol. The maximum atomic E-state index is 10.5. The van der Waals surface area contributed by atoms with Gasteiger partial charge in [-0.3, -0.25) is 10.1 Å². The average molecular weight is 243 g/mol. The lowest BCUT2D eigenvalue weighted by Gasteiger charge is -2.11. The van der Waals surface area contributed by atoms with Gasteiger partial charge in [-0.25, -0.2) is 0 Å². The maximum absolute atomic E-state index is 10.5. The number of nitro groups is 1.